The maximum absolute atomic E-state index is 6.01. The Morgan fingerprint density at radius 1 is 1.27 bits per heavy atom. The lowest BCUT2D eigenvalue weighted by Crippen LogP contribution is -2.44. The van der Waals surface area contributed by atoms with Gasteiger partial charge in [0, 0.05) is 24.0 Å². The Morgan fingerprint density at radius 3 is 2.73 bits per heavy atom. The second kappa shape index (κ2) is 8.44. The quantitative estimate of drug-likeness (QED) is 0.462. The van der Waals surface area contributed by atoms with Crippen molar-refractivity contribution in [2.24, 2.45) is 10.7 Å². The summed E-state index contributed by atoms with van der Waals surface area (Å²) >= 11 is 1.62. The van der Waals surface area contributed by atoms with Crippen molar-refractivity contribution in [2.75, 3.05) is 26.3 Å². The van der Waals surface area contributed by atoms with Gasteiger partial charge in [-0.15, -0.1) is 35.3 Å². The lowest BCUT2D eigenvalue weighted by Gasteiger charge is -2.27. The number of hydrogen-bond donors (Lipinski definition) is 1. The molecule has 1 saturated heterocycles. The zero-order chi connectivity index (χ0) is 14.5. The molecule has 1 aromatic carbocycles. The molecule has 1 aromatic heterocycles. The molecule has 7 heteroatoms. The normalized spacial score (nSPS) is 15.5. The van der Waals surface area contributed by atoms with Crippen LogP contribution in [0.4, 0.5) is 0 Å². The van der Waals surface area contributed by atoms with E-state index < -0.39 is 0 Å². The van der Waals surface area contributed by atoms with Crippen molar-refractivity contribution in [1.29, 1.82) is 0 Å². The van der Waals surface area contributed by atoms with Gasteiger partial charge in [-0.2, -0.15) is 0 Å². The number of morpholine rings is 1. The van der Waals surface area contributed by atoms with Crippen LogP contribution in [0.2, 0.25) is 0 Å². The first kappa shape index (κ1) is 17.2. The number of aliphatic imine (C=N–C) groups is 1. The lowest BCUT2D eigenvalue weighted by molar-refractivity contribution is 0.0674. The first-order valence-electron chi connectivity index (χ1n) is 6.95. The van der Waals surface area contributed by atoms with Crippen LogP contribution in [-0.4, -0.2) is 42.1 Å². The number of aromatic nitrogens is 1. The second-order valence-electron chi connectivity index (χ2n) is 4.77. The standard InChI is InChI=1S/C15H18N4OS.HI/c16-15(19-6-8-20-9-7-19)17-10-14-18-13(11-21-14)12-4-2-1-3-5-12;/h1-5,11H,6-10H2,(H2,16,17);1H. The van der Waals surface area contributed by atoms with E-state index in [4.69, 9.17) is 10.5 Å². The maximum atomic E-state index is 6.01. The van der Waals surface area contributed by atoms with E-state index in [0.29, 0.717) is 25.7 Å². The second-order valence-corrected chi connectivity index (χ2v) is 5.71. The minimum atomic E-state index is 0. The zero-order valence-corrected chi connectivity index (χ0v) is 15.3. The molecule has 0 amide bonds. The third kappa shape index (κ3) is 4.40. The Kier molecular flexibility index (Phi) is 6.59. The number of nitrogens with zero attached hydrogens (tertiary/aromatic N) is 3. The number of nitrogens with two attached hydrogens (primary N) is 1. The highest BCUT2D eigenvalue weighted by molar-refractivity contribution is 14.0. The van der Waals surface area contributed by atoms with E-state index in [1.54, 1.807) is 11.3 Å². The van der Waals surface area contributed by atoms with Gasteiger partial charge in [-0.1, -0.05) is 30.3 Å². The summed E-state index contributed by atoms with van der Waals surface area (Å²) in [6, 6.07) is 10.2. The van der Waals surface area contributed by atoms with E-state index >= 15 is 0 Å². The van der Waals surface area contributed by atoms with Crippen LogP contribution in [-0.2, 0) is 11.3 Å². The molecule has 118 valence electrons. The van der Waals surface area contributed by atoms with Crippen molar-refractivity contribution >= 4 is 41.3 Å². The Bertz CT molecular complexity index is 611. The van der Waals surface area contributed by atoms with Crippen molar-refractivity contribution in [3.63, 3.8) is 0 Å². The summed E-state index contributed by atoms with van der Waals surface area (Å²) in [4.78, 5) is 11.1. The van der Waals surface area contributed by atoms with Gasteiger partial charge in [0.1, 0.15) is 5.01 Å². The van der Waals surface area contributed by atoms with Crippen LogP contribution in [0, 0.1) is 0 Å². The van der Waals surface area contributed by atoms with E-state index in [1.165, 1.54) is 0 Å². The van der Waals surface area contributed by atoms with Crippen molar-refractivity contribution in [1.82, 2.24) is 9.88 Å². The van der Waals surface area contributed by atoms with Gasteiger partial charge in [-0.3, -0.25) is 0 Å². The summed E-state index contributed by atoms with van der Waals surface area (Å²) in [7, 11) is 0. The number of rotatable bonds is 3. The molecule has 0 saturated carbocycles. The van der Waals surface area contributed by atoms with Crippen LogP contribution < -0.4 is 5.73 Å². The molecule has 22 heavy (non-hydrogen) atoms. The van der Waals surface area contributed by atoms with Gasteiger partial charge in [0.05, 0.1) is 25.5 Å². The summed E-state index contributed by atoms with van der Waals surface area (Å²) < 4.78 is 5.30. The molecule has 1 aliphatic rings. The minimum Gasteiger partial charge on any atom is -0.378 e. The molecule has 2 N–H and O–H groups in total. The Hall–Kier alpha value is -1.19. The number of ether oxygens (including phenoxy) is 1. The highest BCUT2D eigenvalue weighted by Crippen LogP contribution is 2.21. The number of thiazole rings is 1. The predicted molar refractivity (Wildman–Crippen MR) is 101 cm³/mol. The average molecular weight is 430 g/mol. The molecule has 0 atom stereocenters. The lowest BCUT2D eigenvalue weighted by atomic mass is 10.2. The highest BCUT2D eigenvalue weighted by Gasteiger charge is 2.12. The molecule has 5 nitrogen and oxygen atoms in total. The first-order valence-corrected chi connectivity index (χ1v) is 7.83. The minimum absolute atomic E-state index is 0. The van der Waals surface area contributed by atoms with Crippen molar-refractivity contribution < 1.29 is 4.74 Å². The average Bonchev–Trinajstić information content (AvgIpc) is 3.03. The third-order valence-electron chi connectivity index (χ3n) is 3.33. The van der Waals surface area contributed by atoms with E-state index in [1.807, 2.05) is 18.2 Å². The van der Waals surface area contributed by atoms with Gasteiger partial charge >= 0.3 is 0 Å². The van der Waals surface area contributed by atoms with E-state index in [-0.39, 0.29) is 24.0 Å². The smallest absolute Gasteiger partial charge is 0.191 e. The largest absolute Gasteiger partial charge is 0.378 e. The molecule has 0 aliphatic carbocycles. The van der Waals surface area contributed by atoms with Crippen LogP contribution in [0.1, 0.15) is 5.01 Å². The number of halogens is 1. The molecule has 3 rings (SSSR count). The van der Waals surface area contributed by atoms with Crippen LogP contribution >= 0.6 is 35.3 Å². The molecule has 1 fully saturated rings. The van der Waals surface area contributed by atoms with E-state index in [2.05, 4.69) is 32.4 Å². The van der Waals surface area contributed by atoms with Crippen LogP contribution in [0.3, 0.4) is 0 Å². The van der Waals surface area contributed by atoms with E-state index in [9.17, 15) is 0 Å². The van der Waals surface area contributed by atoms with Crippen molar-refractivity contribution in [3.8, 4) is 11.3 Å². The molecule has 0 spiro atoms. The first-order chi connectivity index (χ1) is 10.3. The third-order valence-corrected chi connectivity index (χ3v) is 4.17. The SMILES string of the molecule is I.NC(=NCc1nc(-c2ccccc2)cs1)N1CCOCC1. The molecule has 2 aromatic rings. The number of guanidine groups is 1. The molecular formula is C15H19IN4OS. The van der Waals surface area contributed by atoms with Gasteiger partial charge in [0.15, 0.2) is 5.96 Å². The Labute approximate surface area is 151 Å². The molecule has 0 unspecified atom stereocenters. The monoisotopic (exact) mass is 430 g/mol. The summed E-state index contributed by atoms with van der Waals surface area (Å²) in [5.41, 5.74) is 8.14. The molecule has 2 heterocycles. The Balaban J connectivity index is 0.00000176. The fourth-order valence-electron chi connectivity index (χ4n) is 2.17. The predicted octanol–water partition coefficient (Wildman–Crippen LogP) is 2.58. The zero-order valence-electron chi connectivity index (χ0n) is 12.1. The van der Waals surface area contributed by atoms with Crippen molar-refractivity contribution in [2.45, 2.75) is 6.54 Å². The number of hydrogen-bond acceptors (Lipinski definition) is 4. The van der Waals surface area contributed by atoms with Gasteiger partial charge in [0.25, 0.3) is 0 Å². The Morgan fingerprint density at radius 2 is 2.00 bits per heavy atom. The van der Waals surface area contributed by atoms with Crippen LogP contribution in [0.5, 0.6) is 0 Å². The molecule has 1 aliphatic heterocycles. The van der Waals surface area contributed by atoms with E-state index in [0.717, 1.165) is 29.4 Å². The topological polar surface area (TPSA) is 63.7 Å². The number of benzene rings is 1. The molecule has 0 bridgehead atoms. The van der Waals surface area contributed by atoms with Crippen molar-refractivity contribution in [3.05, 3.63) is 40.7 Å². The molecular weight excluding hydrogens is 411 g/mol. The van der Waals surface area contributed by atoms with Gasteiger partial charge in [-0.05, 0) is 0 Å². The summed E-state index contributed by atoms with van der Waals surface area (Å²) in [5.74, 6) is 0.578. The highest BCUT2D eigenvalue weighted by atomic mass is 127. The fraction of sp³-hybridized carbons (Fsp3) is 0.333. The fourth-order valence-corrected chi connectivity index (χ4v) is 2.89. The summed E-state index contributed by atoms with van der Waals surface area (Å²) in [5, 5.41) is 3.04. The summed E-state index contributed by atoms with van der Waals surface area (Å²) in [6.07, 6.45) is 0. The summed E-state index contributed by atoms with van der Waals surface area (Å²) in [6.45, 7) is 3.57. The molecule has 0 radical (unpaired) electrons. The van der Waals surface area contributed by atoms with Gasteiger partial charge in [-0.25, -0.2) is 9.98 Å². The van der Waals surface area contributed by atoms with Crippen LogP contribution in [0.25, 0.3) is 11.3 Å². The van der Waals surface area contributed by atoms with Gasteiger partial charge in [0.2, 0.25) is 0 Å². The van der Waals surface area contributed by atoms with Crippen LogP contribution in [0.15, 0.2) is 40.7 Å². The van der Waals surface area contributed by atoms with Gasteiger partial charge < -0.3 is 15.4 Å². The maximum Gasteiger partial charge on any atom is 0.191 e.